The van der Waals surface area contributed by atoms with E-state index in [0.717, 1.165) is 40.3 Å². The van der Waals surface area contributed by atoms with E-state index in [1.165, 1.54) is 4.88 Å². The molecule has 1 fully saturated rings. The Bertz CT molecular complexity index is 1160. The lowest BCUT2D eigenvalue weighted by Crippen LogP contribution is -2.36. The SMILES string of the molecule is CCCc1cc2c(N3CCn4c(nnc4C(F)(F)F)C3)nc(N3CC[C@H](C=O)C3)nc2s1. The third kappa shape index (κ3) is 3.70. The fourth-order valence-electron chi connectivity index (χ4n) is 4.33. The van der Waals surface area contributed by atoms with Crippen LogP contribution in [-0.4, -0.2) is 50.7 Å². The molecule has 170 valence electrons. The van der Waals surface area contributed by atoms with Gasteiger partial charge >= 0.3 is 6.18 Å². The van der Waals surface area contributed by atoms with E-state index >= 15 is 0 Å². The second-order valence-corrected chi connectivity index (χ2v) is 9.29. The van der Waals surface area contributed by atoms with Crippen LogP contribution < -0.4 is 9.80 Å². The topological polar surface area (TPSA) is 80.0 Å². The minimum absolute atomic E-state index is 0.0361. The van der Waals surface area contributed by atoms with Crippen LogP contribution in [0.25, 0.3) is 10.2 Å². The third-order valence-electron chi connectivity index (χ3n) is 5.91. The van der Waals surface area contributed by atoms with Gasteiger partial charge < -0.3 is 19.2 Å². The van der Waals surface area contributed by atoms with Gasteiger partial charge in [-0.2, -0.15) is 18.2 Å². The van der Waals surface area contributed by atoms with Crippen molar-refractivity contribution in [2.75, 3.05) is 29.4 Å². The van der Waals surface area contributed by atoms with E-state index in [4.69, 9.17) is 9.97 Å². The van der Waals surface area contributed by atoms with Crippen LogP contribution in [0.3, 0.4) is 0 Å². The van der Waals surface area contributed by atoms with Gasteiger partial charge in [-0.3, -0.25) is 0 Å². The second kappa shape index (κ2) is 7.98. The predicted molar refractivity (Wildman–Crippen MR) is 114 cm³/mol. The molecule has 0 N–H and O–H groups in total. The van der Waals surface area contributed by atoms with E-state index in [1.807, 2.05) is 9.80 Å². The Balaban J connectivity index is 1.53. The summed E-state index contributed by atoms with van der Waals surface area (Å²) in [4.78, 5) is 26.8. The number of aryl methyl sites for hydroxylation is 1. The highest BCUT2D eigenvalue weighted by Gasteiger charge is 2.40. The lowest BCUT2D eigenvalue weighted by Gasteiger charge is -2.30. The zero-order valence-electron chi connectivity index (χ0n) is 17.5. The summed E-state index contributed by atoms with van der Waals surface area (Å²) in [7, 11) is 0. The zero-order valence-corrected chi connectivity index (χ0v) is 18.3. The highest BCUT2D eigenvalue weighted by atomic mass is 32.1. The van der Waals surface area contributed by atoms with Crippen LogP contribution >= 0.6 is 11.3 Å². The Labute approximate surface area is 186 Å². The number of rotatable bonds is 5. The molecule has 0 unspecified atom stereocenters. The first-order chi connectivity index (χ1) is 15.4. The minimum atomic E-state index is -4.53. The molecule has 0 amide bonds. The first-order valence-electron chi connectivity index (χ1n) is 10.6. The van der Waals surface area contributed by atoms with E-state index in [0.29, 0.717) is 31.4 Å². The number of aromatic nitrogens is 5. The van der Waals surface area contributed by atoms with E-state index < -0.39 is 12.0 Å². The van der Waals surface area contributed by atoms with Gasteiger partial charge in [-0.15, -0.1) is 21.5 Å². The number of carbonyl (C=O) groups is 1. The molecule has 0 saturated carbocycles. The summed E-state index contributed by atoms with van der Waals surface area (Å²) in [5.74, 6) is 0.526. The summed E-state index contributed by atoms with van der Waals surface area (Å²) in [6.07, 6.45) is -0.868. The third-order valence-corrected chi connectivity index (χ3v) is 7.00. The van der Waals surface area contributed by atoms with Crippen molar-refractivity contribution in [2.45, 2.75) is 45.5 Å². The lowest BCUT2D eigenvalue weighted by molar-refractivity contribution is -0.147. The standard InChI is InChI=1S/C20H22F3N7OS/c1-2-3-13-8-14-16(24-19(25-17(14)32-13)29-5-4-12(9-29)11-31)28-6-7-30-15(10-28)26-27-18(30)20(21,22)23/h8,11-12H,2-7,9-10H2,1H3/t12-/m0/s1. The van der Waals surface area contributed by atoms with Crippen LogP contribution in [0.2, 0.25) is 0 Å². The molecule has 12 heteroatoms. The Morgan fingerprint density at radius 2 is 2.03 bits per heavy atom. The maximum absolute atomic E-state index is 13.2. The van der Waals surface area contributed by atoms with Crippen molar-refractivity contribution in [1.82, 2.24) is 24.7 Å². The van der Waals surface area contributed by atoms with Gasteiger partial charge in [-0.05, 0) is 18.9 Å². The van der Waals surface area contributed by atoms with Crippen molar-refractivity contribution in [2.24, 2.45) is 5.92 Å². The van der Waals surface area contributed by atoms with Crippen molar-refractivity contribution in [3.05, 3.63) is 22.6 Å². The number of halogens is 3. The van der Waals surface area contributed by atoms with E-state index in [9.17, 15) is 18.0 Å². The smallest absolute Gasteiger partial charge is 0.347 e. The fraction of sp³-hybridized carbons (Fsp3) is 0.550. The number of thiophene rings is 1. The van der Waals surface area contributed by atoms with Crippen LogP contribution in [-0.2, 0) is 30.5 Å². The van der Waals surface area contributed by atoms with Crippen molar-refractivity contribution in [3.8, 4) is 0 Å². The molecule has 0 aromatic carbocycles. The summed E-state index contributed by atoms with van der Waals surface area (Å²) in [6, 6.07) is 2.08. The molecule has 5 rings (SSSR count). The van der Waals surface area contributed by atoms with Crippen LogP contribution in [0.15, 0.2) is 6.07 Å². The number of hydrogen-bond donors (Lipinski definition) is 0. The molecule has 0 radical (unpaired) electrons. The largest absolute Gasteiger partial charge is 0.451 e. The Morgan fingerprint density at radius 1 is 1.19 bits per heavy atom. The first-order valence-corrected chi connectivity index (χ1v) is 11.4. The maximum Gasteiger partial charge on any atom is 0.451 e. The fourth-order valence-corrected chi connectivity index (χ4v) is 5.44. The Kier molecular flexibility index (Phi) is 5.26. The van der Waals surface area contributed by atoms with Gasteiger partial charge in [0.1, 0.15) is 16.9 Å². The Hall–Kier alpha value is -2.76. The summed E-state index contributed by atoms with van der Waals surface area (Å²) in [5.41, 5.74) is 0. The van der Waals surface area contributed by atoms with Crippen LogP contribution in [0, 0.1) is 5.92 Å². The molecule has 0 spiro atoms. The number of aldehydes is 1. The average Bonchev–Trinajstić information content (AvgIpc) is 3.49. The van der Waals surface area contributed by atoms with Gasteiger partial charge in [-0.1, -0.05) is 13.3 Å². The van der Waals surface area contributed by atoms with Gasteiger partial charge in [-0.25, -0.2) is 4.98 Å². The van der Waals surface area contributed by atoms with Crippen molar-refractivity contribution in [1.29, 1.82) is 0 Å². The Morgan fingerprint density at radius 3 is 2.75 bits per heavy atom. The molecule has 3 aromatic rings. The molecule has 2 aliphatic heterocycles. The quantitative estimate of drug-likeness (QED) is 0.535. The van der Waals surface area contributed by atoms with Gasteiger partial charge in [0.2, 0.25) is 11.8 Å². The molecule has 0 aliphatic carbocycles. The van der Waals surface area contributed by atoms with Crippen molar-refractivity contribution in [3.63, 3.8) is 0 Å². The molecular formula is C20H22F3N7OS. The lowest BCUT2D eigenvalue weighted by atomic mass is 10.1. The summed E-state index contributed by atoms with van der Waals surface area (Å²) in [5, 5.41) is 8.07. The van der Waals surface area contributed by atoms with Crippen LogP contribution in [0.5, 0.6) is 0 Å². The molecular weight excluding hydrogens is 443 g/mol. The van der Waals surface area contributed by atoms with E-state index in [2.05, 4.69) is 23.2 Å². The van der Waals surface area contributed by atoms with E-state index in [-0.39, 0.29) is 24.8 Å². The van der Waals surface area contributed by atoms with Crippen LogP contribution in [0.1, 0.15) is 36.3 Å². The number of nitrogens with zero attached hydrogens (tertiary/aromatic N) is 7. The first kappa shape index (κ1) is 21.1. The maximum atomic E-state index is 13.2. The summed E-state index contributed by atoms with van der Waals surface area (Å²) >= 11 is 1.62. The molecule has 5 heterocycles. The predicted octanol–water partition coefficient (Wildman–Crippen LogP) is 3.30. The molecule has 2 aliphatic rings. The number of alkyl halides is 3. The normalized spacial score (nSPS) is 19.1. The molecule has 1 saturated heterocycles. The van der Waals surface area contributed by atoms with Gasteiger partial charge in [0.15, 0.2) is 5.82 Å². The van der Waals surface area contributed by atoms with Crippen molar-refractivity contribution >= 4 is 39.6 Å². The van der Waals surface area contributed by atoms with Gasteiger partial charge in [0, 0.05) is 37.0 Å². The molecule has 3 aromatic heterocycles. The number of carbonyl (C=O) groups excluding carboxylic acids is 1. The molecule has 8 nitrogen and oxygen atoms in total. The van der Waals surface area contributed by atoms with Crippen LogP contribution in [0.4, 0.5) is 24.9 Å². The summed E-state index contributed by atoms with van der Waals surface area (Å²) < 4.78 is 40.8. The number of fused-ring (bicyclic) bond motifs is 2. The van der Waals surface area contributed by atoms with Gasteiger partial charge in [0.05, 0.1) is 11.9 Å². The highest BCUT2D eigenvalue weighted by Crippen LogP contribution is 2.36. The van der Waals surface area contributed by atoms with Crippen molar-refractivity contribution < 1.29 is 18.0 Å². The highest BCUT2D eigenvalue weighted by molar-refractivity contribution is 7.18. The summed E-state index contributed by atoms with van der Waals surface area (Å²) in [6.45, 7) is 4.05. The number of anilines is 2. The monoisotopic (exact) mass is 465 g/mol. The second-order valence-electron chi connectivity index (χ2n) is 8.17. The average molecular weight is 466 g/mol. The molecule has 32 heavy (non-hydrogen) atoms. The molecule has 1 atom stereocenters. The number of hydrogen-bond acceptors (Lipinski definition) is 8. The zero-order chi connectivity index (χ0) is 22.5. The minimum Gasteiger partial charge on any atom is -0.347 e. The molecule has 0 bridgehead atoms. The van der Waals surface area contributed by atoms with Gasteiger partial charge in [0.25, 0.3) is 0 Å². The van der Waals surface area contributed by atoms with E-state index in [1.54, 1.807) is 11.3 Å².